The summed E-state index contributed by atoms with van der Waals surface area (Å²) in [6.45, 7) is 1.80. The molecule has 7 nitrogen and oxygen atoms in total. The minimum absolute atomic E-state index is 0.0394. The molecule has 1 rings (SSSR count). The first-order valence-electron chi connectivity index (χ1n) is 4.65. The van der Waals surface area contributed by atoms with Gasteiger partial charge >= 0.3 is 0 Å². The molecule has 0 radical (unpaired) electrons. The minimum atomic E-state index is -0.444. The van der Waals surface area contributed by atoms with E-state index in [1.807, 2.05) is 12.3 Å². The number of imide groups is 1. The molecule has 1 fully saturated rings. The highest BCUT2D eigenvalue weighted by molar-refractivity contribution is 6.01. The van der Waals surface area contributed by atoms with E-state index in [9.17, 15) is 14.4 Å². The quantitative estimate of drug-likeness (QED) is 0.212. The van der Waals surface area contributed by atoms with Crippen LogP contribution < -0.4 is 16.6 Å². The summed E-state index contributed by atoms with van der Waals surface area (Å²) in [5, 5.41) is 2.22. The van der Waals surface area contributed by atoms with Crippen LogP contribution in [0.1, 0.15) is 13.3 Å². The smallest absolute Gasteiger partial charge is 0.248 e. The molecular formula is C8H14N4O3. The Kier molecular flexibility index (Phi) is 3.75. The molecule has 0 saturated carbocycles. The summed E-state index contributed by atoms with van der Waals surface area (Å²) in [5.74, 6) is 3.76. The van der Waals surface area contributed by atoms with E-state index in [-0.39, 0.29) is 19.0 Å². The predicted octanol–water partition coefficient (Wildman–Crippen LogP) is -2.29. The highest BCUT2D eigenvalue weighted by Crippen LogP contribution is 2.08. The van der Waals surface area contributed by atoms with Gasteiger partial charge in [0.2, 0.25) is 17.7 Å². The number of nitrogens with zero attached hydrogens (tertiary/aromatic N) is 1. The van der Waals surface area contributed by atoms with Gasteiger partial charge in [-0.25, -0.2) is 5.84 Å². The number of carbonyl (C=O) groups excluding carboxylic acids is 3. The summed E-state index contributed by atoms with van der Waals surface area (Å²) in [6, 6.07) is -0.444. The second-order valence-corrected chi connectivity index (χ2v) is 3.31. The van der Waals surface area contributed by atoms with E-state index >= 15 is 0 Å². The zero-order valence-corrected chi connectivity index (χ0v) is 8.45. The van der Waals surface area contributed by atoms with Crippen molar-refractivity contribution in [3.8, 4) is 0 Å². The number of nitrogens with one attached hydrogen (secondary N) is 2. The van der Waals surface area contributed by atoms with Gasteiger partial charge in [-0.3, -0.25) is 30.0 Å². The topological polar surface area (TPSA) is 105 Å². The molecule has 84 valence electrons. The normalized spacial score (nSPS) is 22.4. The van der Waals surface area contributed by atoms with Gasteiger partial charge in [0.1, 0.15) is 0 Å². The molecule has 1 atom stereocenters. The fourth-order valence-corrected chi connectivity index (χ4v) is 1.56. The molecule has 1 aliphatic heterocycles. The molecule has 0 bridgehead atoms. The molecule has 1 unspecified atom stereocenters. The van der Waals surface area contributed by atoms with Crippen molar-refractivity contribution in [3.63, 3.8) is 0 Å². The van der Waals surface area contributed by atoms with Gasteiger partial charge in [0.05, 0.1) is 19.1 Å². The molecule has 0 aromatic heterocycles. The number of carbonyl (C=O) groups is 3. The lowest BCUT2D eigenvalue weighted by molar-refractivity contribution is -0.141. The van der Waals surface area contributed by atoms with Gasteiger partial charge in [-0.05, 0) is 6.42 Å². The van der Waals surface area contributed by atoms with Crippen LogP contribution in [0.2, 0.25) is 0 Å². The van der Waals surface area contributed by atoms with Crippen molar-refractivity contribution < 1.29 is 14.4 Å². The van der Waals surface area contributed by atoms with E-state index in [0.717, 1.165) is 0 Å². The van der Waals surface area contributed by atoms with Gasteiger partial charge in [0.15, 0.2) is 0 Å². The van der Waals surface area contributed by atoms with Gasteiger partial charge in [0, 0.05) is 0 Å². The Morgan fingerprint density at radius 1 is 1.67 bits per heavy atom. The molecule has 0 spiro atoms. The third-order valence-electron chi connectivity index (χ3n) is 2.25. The van der Waals surface area contributed by atoms with Crippen molar-refractivity contribution in [2.24, 2.45) is 5.84 Å². The Morgan fingerprint density at radius 2 is 2.33 bits per heavy atom. The highest BCUT2D eigenvalue weighted by atomic mass is 16.2. The fourth-order valence-electron chi connectivity index (χ4n) is 1.56. The third kappa shape index (κ3) is 2.74. The standard InChI is InChI=1S/C8H14N4O3/c1-2-5-8(15)10-6(13)3-12(5)4-7(14)11-9/h5H,2-4,9H2,1H3,(H,11,14)(H,10,13,15). The number of nitrogens with two attached hydrogens (primary N) is 1. The number of rotatable bonds is 3. The van der Waals surface area contributed by atoms with E-state index in [1.165, 1.54) is 4.90 Å². The van der Waals surface area contributed by atoms with Crippen LogP contribution in [-0.4, -0.2) is 41.8 Å². The lowest BCUT2D eigenvalue weighted by atomic mass is 10.1. The summed E-state index contributed by atoms with van der Waals surface area (Å²) in [4.78, 5) is 35.0. The Labute approximate surface area is 86.9 Å². The van der Waals surface area contributed by atoms with Gasteiger partial charge in [0.25, 0.3) is 0 Å². The first-order chi connectivity index (χ1) is 7.08. The van der Waals surface area contributed by atoms with Crippen molar-refractivity contribution in [2.75, 3.05) is 13.1 Å². The lowest BCUT2D eigenvalue weighted by Gasteiger charge is -2.32. The number of hydrazine groups is 1. The second-order valence-electron chi connectivity index (χ2n) is 3.31. The van der Waals surface area contributed by atoms with Crippen LogP contribution in [-0.2, 0) is 14.4 Å². The van der Waals surface area contributed by atoms with Gasteiger partial charge in [-0.15, -0.1) is 0 Å². The van der Waals surface area contributed by atoms with E-state index in [1.54, 1.807) is 0 Å². The van der Waals surface area contributed by atoms with E-state index < -0.39 is 17.9 Å². The molecule has 1 aliphatic rings. The average Bonchev–Trinajstić information content (AvgIpc) is 2.17. The minimum Gasteiger partial charge on any atom is -0.294 e. The van der Waals surface area contributed by atoms with Crippen LogP contribution in [0.5, 0.6) is 0 Å². The molecule has 15 heavy (non-hydrogen) atoms. The maximum absolute atomic E-state index is 11.4. The molecular weight excluding hydrogens is 200 g/mol. The van der Waals surface area contributed by atoms with Crippen molar-refractivity contribution in [1.82, 2.24) is 15.6 Å². The summed E-state index contributed by atoms with van der Waals surface area (Å²) >= 11 is 0. The van der Waals surface area contributed by atoms with Crippen molar-refractivity contribution in [2.45, 2.75) is 19.4 Å². The van der Waals surface area contributed by atoms with Gasteiger partial charge < -0.3 is 0 Å². The summed E-state index contributed by atoms with van der Waals surface area (Å²) in [5.41, 5.74) is 1.96. The van der Waals surface area contributed by atoms with Crippen LogP contribution in [0.4, 0.5) is 0 Å². The zero-order valence-electron chi connectivity index (χ0n) is 8.45. The third-order valence-corrected chi connectivity index (χ3v) is 2.25. The summed E-state index contributed by atoms with van der Waals surface area (Å²) in [6.07, 6.45) is 0.539. The zero-order chi connectivity index (χ0) is 11.4. The van der Waals surface area contributed by atoms with Gasteiger partial charge in [-0.1, -0.05) is 6.92 Å². The Hall–Kier alpha value is -1.47. The number of hydrogen-bond donors (Lipinski definition) is 3. The monoisotopic (exact) mass is 214 g/mol. The van der Waals surface area contributed by atoms with E-state index in [2.05, 4.69) is 5.32 Å². The number of hydrogen-bond acceptors (Lipinski definition) is 5. The SMILES string of the molecule is CCC1C(=O)NC(=O)CN1CC(=O)NN. The molecule has 0 aromatic carbocycles. The molecule has 3 amide bonds. The first-order valence-corrected chi connectivity index (χ1v) is 4.65. The molecule has 7 heteroatoms. The number of piperazine rings is 1. The first kappa shape index (κ1) is 11.6. The maximum atomic E-state index is 11.4. The van der Waals surface area contributed by atoms with E-state index in [4.69, 9.17) is 5.84 Å². The molecule has 1 saturated heterocycles. The van der Waals surface area contributed by atoms with Crippen LogP contribution in [0.15, 0.2) is 0 Å². The van der Waals surface area contributed by atoms with E-state index in [0.29, 0.717) is 6.42 Å². The molecule has 0 aromatic rings. The summed E-state index contributed by atoms with van der Waals surface area (Å²) < 4.78 is 0. The second kappa shape index (κ2) is 4.85. The largest absolute Gasteiger partial charge is 0.294 e. The van der Waals surface area contributed by atoms with Crippen LogP contribution in [0.25, 0.3) is 0 Å². The average molecular weight is 214 g/mol. The van der Waals surface area contributed by atoms with Crippen molar-refractivity contribution in [1.29, 1.82) is 0 Å². The highest BCUT2D eigenvalue weighted by Gasteiger charge is 2.33. The molecule has 1 heterocycles. The Morgan fingerprint density at radius 3 is 2.87 bits per heavy atom. The van der Waals surface area contributed by atoms with Crippen LogP contribution in [0.3, 0.4) is 0 Å². The van der Waals surface area contributed by atoms with Crippen LogP contribution in [0, 0.1) is 0 Å². The molecule has 4 N–H and O–H groups in total. The maximum Gasteiger partial charge on any atom is 0.248 e. The van der Waals surface area contributed by atoms with Crippen LogP contribution >= 0.6 is 0 Å². The van der Waals surface area contributed by atoms with Crippen molar-refractivity contribution in [3.05, 3.63) is 0 Å². The lowest BCUT2D eigenvalue weighted by Crippen LogP contribution is -2.59. The Balaban J connectivity index is 2.69. The van der Waals surface area contributed by atoms with Gasteiger partial charge in [-0.2, -0.15) is 0 Å². The Bertz CT molecular complexity index is 292. The predicted molar refractivity (Wildman–Crippen MR) is 51.1 cm³/mol. The molecule has 0 aliphatic carbocycles. The number of amides is 3. The fraction of sp³-hybridized carbons (Fsp3) is 0.625. The summed E-state index contributed by atoms with van der Waals surface area (Å²) in [7, 11) is 0. The van der Waals surface area contributed by atoms with Crippen molar-refractivity contribution >= 4 is 17.7 Å².